The number of aromatic amines is 1. The fraction of sp³-hybridized carbons (Fsp3) is 0.312. The summed E-state index contributed by atoms with van der Waals surface area (Å²) in [7, 11) is 0. The van der Waals surface area contributed by atoms with Gasteiger partial charge < -0.3 is 15.2 Å². The van der Waals surface area contributed by atoms with Crippen LogP contribution in [0.25, 0.3) is 0 Å². The summed E-state index contributed by atoms with van der Waals surface area (Å²) in [6, 6.07) is 3.09. The summed E-state index contributed by atoms with van der Waals surface area (Å²) in [5, 5.41) is 3.32. The van der Waals surface area contributed by atoms with Gasteiger partial charge in [-0.1, -0.05) is 23.2 Å². The van der Waals surface area contributed by atoms with Gasteiger partial charge in [0.25, 0.3) is 0 Å². The first kappa shape index (κ1) is 15.5. The number of carbonyl (C=O) groups is 1. The molecule has 0 unspecified atom stereocenters. The van der Waals surface area contributed by atoms with Gasteiger partial charge in [-0.3, -0.25) is 4.79 Å². The van der Waals surface area contributed by atoms with Crippen molar-refractivity contribution in [1.82, 2.24) is 14.9 Å². The lowest BCUT2D eigenvalue weighted by Crippen LogP contribution is -2.44. The van der Waals surface area contributed by atoms with Crippen LogP contribution in [0, 0.1) is 0 Å². The van der Waals surface area contributed by atoms with E-state index in [0.29, 0.717) is 17.1 Å². The minimum atomic E-state index is -0.195. The highest BCUT2D eigenvalue weighted by atomic mass is 35.5. The lowest BCUT2D eigenvalue weighted by molar-refractivity contribution is 0.179. The molecule has 0 saturated carbocycles. The topological polar surface area (TPSA) is 78.1 Å². The third-order valence-electron chi connectivity index (χ3n) is 4.65. The molecular formula is C16H14Cl2N4O2. The Morgan fingerprint density at radius 2 is 2.17 bits per heavy atom. The van der Waals surface area contributed by atoms with Gasteiger partial charge in [-0.25, -0.2) is 9.78 Å². The summed E-state index contributed by atoms with van der Waals surface area (Å²) >= 11 is 11.7. The Labute approximate surface area is 147 Å². The van der Waals surface area contributed by atoms with Crippen LogP contribution in [-0.2, 0) is 6.42 Å². The number of aromatic nitrogens is 2. The second-order valence-electron chi connectivity index (χ2n) is 6.06. The van der Waals surface area contributed by atoms with E-state index < -0.39 is 0 Å². The molecule has 124 valence electrons. The number of hydrogen-bond acceptors (Lipinski definition) is 3. The van der Waals surface area contributed by atoms with Gasteiger partial charge in [0.2, 0.25) is 5.56 Å². The van der Waals surface area contributed by atoms with Crippen molar-refractivity contribution in [2.45, 2.75) is 31.3 Å². The van der Waals surface area contributed by atoms with Gasteiger partial charge in [-0.15, -0.1) is 0 Å². The maximum absolute atomic E-state index is 12.7. The molecule has 2 aliphatic heterocycles. The van der Waals surface area contributed by atoms with E-state index in [2.05, 4.69) is 15.3 Å². The smallest absolute Gasteiger partial charge is 0.322 e. The second-order valence-corrected chi connectivity index (χ2v) is 6.83. The van der Waals surface area contributed by atoms with Crippen molar-refractivity contribution in [3.05, 3.63) is 56.2 Å². The largest absolute Gasteiger partial charge is 0.329 e. The zero-order valence-electron chi connectivity index (χ0n) is 12.6. The predicted molar refractivity (Wildman–Crippen MR) is 91.6 cm³/mol. The van der Waals surface area contributed by atoms with Crippen LogP contribution < -0.4 is 10.9 Å². The zero-order chi connectivity index (χ0) is 16.8. The summed E-state index contributed by atoms with van der Waals surface area (Å²) in [6.07, 6.45) is 5.70. The highest BCUT2D eigenvalue weighted by molar-refractivity contribution is 6.41. The average Bonchev–Trinajstić information content (AvgIpc) is 2.86. The average molecular weight is 365 g/mol. The van der Waals surface area contributed by atoms with Crippen molar-refractivity contribution < 1.29 is 4.79 Å². The molecule has 4 heterocycles. The molecular weight excluding hydrogens is 351 g/mol. The number of nitrogens with zero attached hydrogens (tertiary/aromatic N) is 2. The standard InChI is InChI=1S/C16H14Cl2N4O2/c17-12-5-9(6-20-15(12)18)21-16(24)22-10-1-2-13(22)11-7-19-14(23)4-8(11)3-10/h4-7,10,13H,1-3H2,(H,19,23)(H,21,24)/t10-,13+/m1/s1. The van der Waals surface area contributed by atoms with Crippen LogP contribution in [0.15, 0.2) is 29.3 Å². The van der Waals surface area contributed by atoms with Crippen molar-refractivity contribution in [2.24, 2.45) is 0 Å². The van der Waals surface area contributed by atoms with E-state index in [1.807, 2.05) is 4.90 Å². The molecule has 8 heteroatoms. The van der Waals surface area contributed by atoms with Gasteiger partial charge in [0.15, 0.2) is 0 Å². The SMILES string of the molecule is O=C(Nc1cnc(Cl)c(Cl)c1)N1[C@@H]2CC[C@H]1c1c[nH]c(=O)cc1C2. The Morgan fingerprint density at radius 3 is 2.96 bits per heavy atom. The predicted octanol–water partition coefficient (Wildman–Crippen LogP) is 3.37. The number of amides is 2. The number of rotatable bonds is 1. The molecule has 2 atom stereocenters. The molecule has 0 radical (unpaired) electrons. The number of pyridine rings is 2. The van der Waals surface area contributed by atoms with E-state index in [-0.39, 0.29) is 28.8 Å². The van der Waals surface area contributed by atoms with Crippen molar-refractivity contribution in [3.8, 4) is 0 Å². The molecule has 1 saturated heterocycles. The number of carbonyl (C=O) groups excluding carboxylic acids is 1. The molecule has 2 amide bonds. The summed E-state index contributed by atoms with van der Waals surface area (Å²) in [4.78, 5) is 32.7. The lowest BCUT2D eigenvalue weighted by atomic mass is 9.95. The number of anilines is 1. The number of halogens is 2. The number of urea groups is 1. The monoisotopic (exact) mass is 364 g/mol. The molecule has 2 bridgehead atoms. The Kier molecular flexibility index (Phi) is 3.73. The molecule has 0 spiro atoms. The first-order valence-corrected chi connectivity index (χ1v) is 8.40. The molecule has 24 heavy (non-hydrogen) atoms. The molecule has 2 N–H and O–H groups in total. The van der Waals surface area contributed by atoms with Gasteiger partial charge in [0.05, 0.1) is 22.9 Å². The third-order valence-corrected chi connectivity index (χ3v) is 5.33. The van der Waals surface area contributed by atoms with Crippen LogP contribution in [0.3, 0.4) is 0 Å². The number of hydrogen-bond donors (Lipinski definition) is 2. The van der Waals surface area contributed by atoms with E-state index in [1.165, 1.54) is 6.20 Å². The molecule has 0 aliphatic carbocycles. The molecule has 4 rings (SSSR count). The minimum absolute atomic E-state index is 0.0219. The highest BCUT2D eigenvalue weighted by Crippen LogP contribution is 2.43. The number of fused-ring (bicyclic) bond motifs is 4. The number of H-pyrrole nitrogens is 1. The molecule has 2 aromatic rings. The molecule has 6 nitrogen and oxygen atoms in total. The van der Waals surface area contributed by atoms with Crippen LogP contribution in [0.5, 0.6) is 0 Å². The molecule has 0 aromatic carbocycles. The fourth-order valence-corrected chi connectivity index (χ4v) is 3.91. The van der Waals surface area contributed by atoms with Gasteiger partial charge in [0.1, 0.15) is 5.15 Å². The fourth-order valence-electron chi connectivity index (χ4n) is 3.64. The van der Waals surface area contributed by atoms with E-state index in [1.54, 1.807) is 18.3 Å². The summed E-state index contributed by atoms with van der Waals surface area (Å²) < 4.78 is 0. The van der Waals surface area contributed by atoms with Crippen molar-refractivity contribution in [1.29, 1.82) is 0 Å². The van der Waals surface area contributed by atoms with Crippen molar-refractivity contribution in [2.75, 3.05) is 5.32 Å². The maximum atomic E-state index is 12.7. The second kappa shape index (κ2) is 5.79. The van der Waals surface area contributed by atoms with Crippen molar-refractivity contribution >= 4 is 34.9 Å². The van der Waals surface area contributed by atoms with Gasteiger partial charge in [-0.2, -0.15) is 0 Å². The van der Waals surface area contributed by atoms with E-state index >= 15 is 0 Å². The lowest BCUT2D eigenvalue weighted by Gasteiger charge is -2.36. The zero-order valence-corrected chi connectivity index (χ0v) is 14.1. The van der Waals surface area contributed by atoms with Crippen LogP contribution in [0.2, 0.25) is 10.2 Å². The van der Waals surface area contributed by atoms with Crippen LogP contribution in [-0.4, -0.2) is 26.9 Å². The van der Waals surface area contributed by atoms with Crippen LogP contribution in [0.4, 0.5) is 10.5 Å². The van der Waals surface area contributed by atoms with E-state index in [9.17, 15) is 9.59 Å². The minimum Gasteiger partial charge on any atom is -0.329 e. The van der Waals surface area contributed by atoms with E-state index in [4.69, 9.17) is 23.2 Å². The highest BCUT2D eigenvalue weighted by Gasteiger charge is 2.42. The van der Waals surface area contributed by atoms with Gasteiger partial charge >= 0.3 is 6.03 Å². The van der Waals surface area contributed by atoms with Crippen LogP contribution in [0.1, 0.15) is 30.0 Å². The van der Waals surface area contributed by atoms with Crippen molar-refractivity contribution in [3.63, 3.8) is 0 Å². The van der Waals surface area contributed by atoms with Gasteiger partial charge in [0, 0.05) is 18.3 Å². The Balaban J connectivity index is 1.60. The Hall–Kier alpha value is -2.05. The normalized spacial score (nSPS) is 21.5. The van der Waals surface area contributed by atoms with Gasteiger partial charge in [-0.05, 0) is 36.5 Å². The van der Waals surface area contributed by atoms with Crippen LogP contribution >= 0.6 is 23.2 Å². The number of nitrogens with one attached hydrogen (secondary N) is 2. The summed E-state index contributed by atoms with van der Waals surface area (Å²) in [5.74, 6) is 0. The molecule has 2 aromatic heterocycles. The summed E-state index contributed by atoms with van der Waals surface area (Å²) in [5.41, 5.74) is 2.45. The van der Waals surface area contributed by atoms with E-state index in [0.717, 1.165) is 24.0 Å². The Morgan fingerprint density at radius 1 is 1.33 bits per heavy atom. The first-order valence-electron chi connectivity index (χ1n) is 7.65. The Bertz CT molecular complexity index is 883. The summed E-state index contributed by atoms with van der Waals surface area (Å²) in [6.45, 7) is 0. The molecule has 2 aliphatic rings. The maximum Gasteiger partial charge on any atom is 0.322 e. The molecule has 1 fully saturated rings. The quantitative estimate of drug-likeness (QED) is 0.761. The third kappa shape index (κ3) is 2.56. The first-order chi connectivity index (χ1) is 11.5.